The maximum absolute atomic E-state index is 12.8. The molecule has 2 aromatic carbocycles. The van der Waals surface area contributed by atoms with Gasteiger partial charge in [0.1, 0.15) is 11.0 Å². The first-order valence-electron chi connectivity index (χ1n) is 8.03. The van der Waals surface area contributed by atoms with E-state index in [4.69, 9.17) is 0 Å². The van der Waals surface area contributed by atoms with E-state index in [1.54, 1.807) is 18.7 Å². The molecule has 0 amide bonds. The number of benzene rings is 2. The molecule has 0 radical (unpaired) electrons. The fourth-order valence-electron chi connectivity index (χ4n) is 3.01. The Bertz CT molecular complexity index is 970. The summed E-state index contributed by atoms with van der Waals surface area (Å²) in [5, 5.41) is 12.2. The molecule has 1 atom stereocenters. The van der Waals surface area contributed by atoms with Crippen molar-refractivity contribution in [1.82, 2.24) is 4.31 Å². The van der Waals surface area contributed by atoms with Crippen LogP contribution in [-0.4, -0.2) is 24.4 Å². The van der Waals surface area contributed by atoms with Gasteiger partial charge in [-0.2, -0.15) is 0 Å². The lowest BCUT2D eigenvalue weighted by molar-refractivity contribution is 0.400. The van der Waals surface area contributed by atoms with Crippen molar-refractivity contribution >= 4 is 33.2 Å². The van der Waals surface area contributed by atoms with Crippen LogP contribution in [-0.2, 0) is 10.0 Å². The molecule has 0 fully saturated rings. The van der Waals surface area contributed by atoms with Crippen LogP contribution in [0.2, 0.25) is 0 Å². The quantitative estimate of drug-likeness (QED) is 0.711. The number of sulfonamides is 1. The Labute approximate surface area is 151 Å². The number of rotatable bonds is 3. The molecule has 0 spiro atoms. The van der Waals surface area contributed by atoms with E-state index >= 15 is 0 Å². The van der Waals surface area contributed by atoms with Gasteiger partial charge in [-0.05, 0) is 36.8 Å². The topological polar surface area (TPSA) is 69.6 Å². The molecule has 2 aromatic rings. The highest BCUT2D eigenvalue weighted by atomic mass is 32.2. The van der Waals surface area contributed by atoms with E-state index in [9.17, 15) is 13.5 Å². The van der Waals surface area contributed by atoms with Crippen LogP contribution in [0.4, 0.5) is 11.4 Å². The number of aliphatic hydroxyl groups excluding tert-OH is 1. The summed E-state index contributed by atoms with van der Waals surface area (Å²) in [6, 6.07) is 13.8. The average Bonchev–Trinajstić information content (AvgIpc) is 3.06. The molecule has 2 heterocycles. The number of hydrogen-bond acceptors (Lipinski definition) is 5. The highest BCUT2D eigenvalue weighted by molar-refractivity contribution is 7.99. The molecule has 0 bridgehead atoms. The number of anilines is 2. The van der Waals surface area contributed by atoms with Crippen LogP contribution in [0.25, 0.3) is 0 Å². The second kappa shape index (κ2) is 6.00. The Morgan fingerprint density at radius 1 is 1.16 bits per heavy atom. The zero-order chi connectivity index (χ0) is 17.6. The van der Waals surface area contributed by atoms with Gasteiger partial charge < -0.3 is 10.4 Å². The molecular weight excluding hydrogens is 356 g/mol. The lowest BCUT2D eigenvalue weighted by Gasteiger charge is -2.24. The van der Waals surface area contributed by atoms with E-state index in [1.807, 2.05) is 36.4 Å². The van der Waals surface area contributed by atoms with E-state index in [1.165, 1.54) is 10.5 Å². The Balaban J connectivity index is 1.65. The monoisotopic (exact) mass is 374 g/mol. The Morgan fingerprint density at radius 3 is 2.68 bits per heavy atom. The molecule has 7 heteroatoms. The maximum Gasteiger partial charge on any atom is 0.241 e. The van der Waals surface area contributed by atoms with Crippen LogP contribution in [0, 0.1) is 0 Å². The highest BCUT2D eigenvalue weighted by Crippen LogP contribution is 2.45. The molecular formula is C18H18N2O3S2. The van der Waals surface area contributed by atoms with Crippen LogP contribution >= 0.6 is 11.8 Å². The first-order valence-corrected chi connectivity index (χ1v) is 10.4. The smallest absolute Gasteiger partial charge is 0.241 e. The molecule has 25 heavy (non-hydrogen) atoms. The third-order valence-corrected chi connectivity index (χ3v) is 7.76. The Hall–Kier alpha value is -2.12. The SMILES string of the molecule is CC(c1ccc2c(c1)Nc1ccccc1S2)S(=O)(=O)N1C=C(O)CC1. The summed E-state index contributed by atoms with van der Waals surface area (Å²) in [6.45, 7) is 1.98. The zero-order valence-electron chi connectivity index (χ0n) is 13.6. The predicted octanol–water partition coefficient (Wildman–Crippen LogP) is 4.39. The third kappa shape index (κ3) is 2.87. The summed E-state index contributed by atoms with van der Waals surface area (Å²) in [5.41, 5.74) is 2.68. The fourth-order valence-corrected chi connectivity index (χ4v) is 5.49. The van der Waals surface area contributed by atoms with E-state index in [2.05, 4.69) is 11.4 Å². The van der Waals surface area contributed by atoms with Gasteiger partial charge in [0, 0.05) is 22.8 Å². The molecule has 2 N–H and O–H groups in total. The lowest BCUT2D eigenvalue weighted by Crippen LogP contribution is -2.28. The van der Waals surface area contributed by atoms with Gasteiger partial charge in [0.25, 0.3) is 0 Å². The van der Waals surface area contributed by atoms with E-state index in [0.717, 1.165) is 26.7 Å². The van der Waals surface area contributed by atoms with Crippen molar-refractivity contribution in [2.24, 2.45) is 0 Å². The molecule has 0 saturated carbocycles. The molecule has 0 saturated heterocycles. The van der Waals surface area contributed by atoms with Crippen LogP contribution < -0.4 is 5.32 Å². The summed E-state index contributed by atoms with van der Waals surface area (Å²) in [5.74, 6) is 0.107. The van der Waals surface area contributed by atoms with Gasteiger partial charge in [0.15, 0.2) is 0 Å². The number of nitrogens with one attached hydrogen (secondary N) is 1. The van der Waals surface area contributed by atoms with Crippen LogP contribution in [0.1, 0.15) is 24.2 Å². The predicted molar refractivity (Wildman–Crippen MR) is 99.7 cm³/mol. The van der Waals surface area contributed by atoms with Gasteiger partial charge in [0.05, 0.1) is 17.6 Å². The van der Waals surface area contributed by atoms with Crippen molar-refractivity contribution < 1.29 is 13.5 Å². The first-order chi connectivity index (χ1) is 11.9. The van der Waals surface area contributed by atoms with E-state index in [-0.39, 0.29) is 5.76 Å². The standard InChI is InChI=1S/C18H18N2O3S2/c1-12(25(22,23)20-9-8-14(21)11-20)13-6-7-18-16(10-13)19-15-4-2-3-5-17(15)24-18/h2-7,10-12,19,21H,8-9H2,1H3. The van der Waals surface area contributed by atoms with Crippen molar-refractivity contribution in [2.75, 3.05) is 11.9 Å². The van der Waals surface area contributed by atoms with Crippen LogP contribution in [0.3, 0.4) is 0 Å². The first kappa shape index (κ1) is 16.4. The molecule has 0 aliphatic carbocycles. The largest absolute Gasteiger partial charge is 0.511 e. The number of hydrogen-bond donors (Lipinski definition) is 2. The molecule has 0 aromatic heterocycles. The minimum atomic E-state index is -3.55. The number of para-hydroxylation sites is 1. The fraction of sp³-hybridized carbons (Fsp3) is 0.222. The highest BCUT2D eigenvalue weighted by Gasteiger charge is 2.31. The second-order valence-corrected chi connectivity index (χ2v) is 9.44. The van der Waals surface area contributed by atoms with Crippen molar-refractivity contribution in [2.45, 2.75) is 28.4 Å². The van der Waals surface area contributed by atoms with E-state index < -0.39 is 15.3 Å². The summed E-state index contributed by atoms with van der Waals surface area (Å²) in [7, 11) is -3.55. The number of aliphatic hydroxyl groups is 1. The molecule has 5 nitrogen and oxygen atoms in total. The normalized spacial score (nSPS) is 17.3. The van der Waals surface area contributed by atoms with Crippen molar-refractivity contribution in [1.29, 1.82) is 0 Å². The molecule has 1 unspecified atom stereocenters. The van der Waals surface area contributed by atoms with Crippen molar-refractivity contribution in [3.63, 3.8) is 0 Å². The number of nitrogens with zero attached hydrogens (tertiary/aromatic N) is 1. The molecule has 130 valence electrons. The van der Waals surface area contributed by atoms with Gasteiger partial charge >= 0.3 is 0 Å². The summed E-state index contributed by atoms with van der Waals surface area (Å²) in [6.07, 6.45) is 1.68. The summed E-state index contributed by atoms with van der Waals surface area (Å²) >= 11 is 1.67. The van der Waals surface area contributed by atoms with Gasteiger partial charge in [0.2, 0.25) is 10.0 Å². The van der Waals surface area contributed by atoms with Crippen LogP contribution in [0.5, 0.6) is 0 Å². The minimum Gasteiger partial charge on any atom is -0.511 e. The van der Waals surface area contributed by atoms with Gasteiger partial charge in [-0.15, -0.1) is 0 Å². The Morgan fingerprint density at radius 2 is 1.92 bits per heavy atom. The zero-order valence-corrected chi connectivity index (χ0v) is 15.3. The lowest BCUT2D eigenvalue weighted by atomic mass is 10.1. The van der Waals surface area contributed by atoms with Gasteiger partial charge in [-0.1, -0.05) is 30.0 Å². The number of fused-ring (bicyclic) bond motifs is 2. The molecule has 4 rings (SSSR count). The van der Waals surface area contributed by atoms with Crippen LogP contribution in [0.15, 0.2) is 64.2 Å². The van der Waals surface area contributed by atoms with E-state index in [0.29, 0.717) is 13.0 Å². The minimum absolute atomic E-state index is 0.107. The van der Waals surface area contributed by atoms with Crippen molar-refractivity contribution in [3.8, 4) is 0 Å². The summed E-state index contributed by atoms with van der Waals surface area (Å²) < 4.78 is 26.8. The Kier molecular flexibility index (Phi) is 3.92. The average molecular weight is 374 g/mol. The molecule has 2 aliphatic rings. The molecule has 2 aliphatic heterocycles. The maximum atomic E-state index is 12.8. The summed E-state index contributed by atoms with van der Waals surface area (Å²) in [4.78, 5) is 2.23. The van der Waals surface area contributed by atoms with Gasteiger partial charge in [-0.25, -0.2) is 8.42 Å². The van der Waals surface area contributed by atoms with Gasteiger partial charge in [-0.3, -0.25) is 4.31 Å². The second-order valence-electron chi connectivity index (χ2n) is 6.15. The third-order valence-electron chi connectivity index (χ3n) is 4.50. The van der Waals surface area contributed by atoms with Crippen molar-refractivity contribution in [3.05, 3.63) is 60.0 Å².